The van der Waals surface area contributed by atoms with E-state index in [2.05, 4.69) is 38.7 Å². The van der Waals surface area contributed by atoms with Gasteiger partial charge in [0.15, 0.2) is 0 Å². The van der Waals surface area contributed by atoms with Gasteiger partial charge in [-0.05, 0) is 64.2 Å². The van der Waals surface area contributed by atoms with Crippen LogP contribution in [0.3, 0.4) is 0 Å². The topological polar surface area (TPSA) is 21.7 Å². The van der Waals surface area contributed by atoms with Crippen LogP contribution in [0.5, 0.6) is 0 Å². The summed E-state index contributed by atoms with van der Waals surface area (Å²) < 4.78 is 12.2. The summed E-state index contributed by atoms with van der Waals surface area (Å²) in [5.74, 6) is 0. The van der Waals surface area contributed by atoms with E-state index >= 15 is 0 Å². The highest BCUT2D eigenvalue weighted by Crippen LogP contribution is 2.37. The Hall–Kier alpha value is -0.705. The van der Waals surface area contributed by atoms with Crippen molar-refractivity contribution in [2.24, 2.45) is 0 Å². The molecular formula is C16H23BClNO2. The van der Waals surface area contributed by atoms with Gasteiger partial charge >= 0.3 is 7.12 Å². The third kappa shape index (κ3) is 2.81. The van der Waals surface area contributed by atoms with Gasteiger partial charge in [-0.2, -0.15) is 0 Å². The van der Waals surface area contributed by atoms with Crippen molar-refractivity contribution in [1.29, 1.82) is 0 Å². The zero-order valence-corrected chi connectivity index (χ0v) is 14.0. The molecule has 2 fully saturated rings. The molecule has 2 aliphatic rings. The minimum atomic E-state index is -0.352. The lowest BCUT2D eigenvalue weighted by atomic mass is 9.79. The Labute approximate surface area is 132 Å². The molecule has 0 N–H and O–H groups in total. The molecule has 21 heavy (non-hydrogen) atoms. The van der Waals surface area contributed by atoms with Crippen LogP contribution in [0.2, 0.25) is 5.02 Å². The highest BCUT2D eigenvalue weighted by Gasteiger charge is 2.51. The van der Waals surface area contributed by atoms with Gasteiger partial charge in [0.1, 0.15) is 0 Å². The molecule has 3 nitrogen and oxygen atoms in total. The maximum Gasteiger partial charge on any atom is 0.494 e. The normalized spacial score (nSPS) is 23.9. The monoisotopic (exact) mass is 307 g/mol. The smallest absolute Gasteiger partial charge is 0.399 e. The molecule has 2 heterocycles. The molecule has 2 aliphatic heterocycles. The zero-order chi connectivity index (χ0) is 15.3. The Morgan fingerprint density at radius 2 is 1.57 bits per heavy atom. The van der Waals surface area contributed by atoms with Crippen LogP contribution in [0.4, 0.5) is 5.69 Å². The second-order valence-electron chi connectivity index (χ2n) is 7.03. The summed E-state index contributed by atoms with van der Waals surface area (Å²) in [5, 5.41) is 0.740. The standard InChI is InChI=1S/C16H23BClNO2/c1-15(2)16(3,4)21-17(20-15)12-9-13(18)11-14(10-12)19-7-5-6-8-19/h9-11H,5-8H2,1-4H3. The molecule has 0 saturated carbocycles. The molecule has 1 aromatic rings. The maximum atomic E-state index is 6.31. The number of hydrogen-bond acceptors (Lipinski definition) is 3. The number of nitrogens with zero attached hydrogens (tertiary/aromatic N) is 1. The highest BCUT2D eigenvalue weighted by atomic mass is 35.5. The summed E-state index contributed by atoms with van der Waals surface area (Å²) in [6.45, 7) is 10.5. The lowest BCUT2D eigenvalue weighted by Gasteiger charge is -2.32. The Balaban J connectivity index is 1.89. The average Bonchev–Trinajstić information content (AvgIpc) is 2.96. The first-order valence-corrected chi connectivity index (χ1v) is 8.07. The number of halogens is 1. The van der Waals surface area contributed by atoms with E-state index in [0.29, 0.717) is 0 Å². The Bertz CT molecular complexity index is 525. The fraction of sp³-hybridized carbons (Fsp3) is 0.625. The summed E-state index contributed by atoms with van der Waals surface area (Å²) in [6.07, 6.45) is 2.50. The molecule has 3 rings (SSSR count). The first kappa shape index (κ1) is 15.2. The van der Waals surface area contributed by atoms with Crippen molar-refractivity contribution in [2.45, 2.75) is 51.7 Å². The minimum Gasteiger partial charge on any atom is -0.399 e. The van der Waals surface area contributed by atoms with Gasteiger partial charge in [-0.1, -0.05) is 11.6 Å². The average molecular weight is 308 g/mol. The summed E-state index contributed by atoms with van der Waals surface area (Å²) >= 11 is 6.31. The van der Waals surface area contributed by atoms with E-state index in [1.165, 1.54) is 18.5 Å². The van der Waals surface area contributed by atoms with Crippen LogP contribution >= 0.6 is 11.6 Å². The number of benzene rings is 1. The van der Waals surface area contributed by atoms with Crippen LogP contribution in [0.15, 0.2) is 18.2 Å². The summed E-state index contributed by atoms with van der Waals surface area (Å²) in [6, 6.07) is 6.13. The Morgan fingerprint density at radius 1 is 1.00 bits per heavy atom. The molecule has 0 atom stereocenters. The first-order valence-electron chi connectivity index (χ1n) is 7.70. The zero-order valence-electron chi connectivity index (χ0n) is 13.3. The summed E-state index contributed by atoms with van der Waals surface area (Å²) in [7, 11) is -0.352. The fourth-order valence-electron chi connectivity index (χ4n) is 2.87. The predicted octanol–water partition coefficient (Wildman–Crippen LogP) is 3.24. The highest BCUT2D eigenvalue weighted by molar-refractivity contribution is 6.62. The quantitative estimate of drug-likeness (QED) is 0.783. The van der Waals surface area contributed by atoms with Crippen molar-refractivity contribution in [3.63, 3.8) is 0 Å². The second kappa shape index (κ2) is 5.18. The van der Waals surface area contributed by atoms with Crippen molar-refractivity contribution in [3.8, 4) is 0 Å². The third-order valence-electron chi connectivity index (χ3n) is 4.90. The molecule has 0 amide bonds. The van der Waals surface area contributed by atoms with Crippen LogP contribution < -0.4 is 10.4 Å². The molecular weight excluding hydrogens is 284 g/mol. The van der Waals surface area contributed by atoms with Crippen molar-refractivity contribution in [2.75, 3.05) is 18.0 Å². The molecule has 0 aromatic heterocycles. The maximum absolute atomic E-state index is 6.31. The molecule has 0 spiro atoms. The van der Waals surface area contributed by atoms with E-state index in [9.17, 15) is 0 Å². The molecule has 0 aliphatic carbocycles. The lowest BCUT2D eigenvalue weighted by Crippen LogP contribution is -2.41. The van der Waals surface area contributed by atoms with E-state index in [0.717, 1.165) is 23.6 Å². The summed E-state index contributed by atoms with van der Waals surface area (Å²) in [5.41, 5.74) is 1.52. The Kier molecular flexibility index (Phi) is 3.75. The largest absolute Gasteiger partial charge is 0.494 e. The predicted molar refractivity (Wildman–Crippen MR) is 88.6 cm³/mol. The Morgan fingerprint density at radius 3 is 2.14 bits per heavy atom. The number of hydrogen-bond donors (Lipinski definition) is 0. The minimum absolute atomic E-state index is 0.326. The number of rotatable bonds is 2. The van der Waals surface area contributed by atoms with Gasteiger partial charge < -0.3 is 14.2 Å². The second-order valence-corrected chi connectivity index (χ2v) is 7.46. The molecule has 1 aromatic carbocycles. The van der Waals surface area contributed by atoms with Crippen molar-refractivity contribution in [1.82, 2.24) is 0 Å². The molecule has 0 bridgehead atoms. The first-order chi connectivity index (χ1) is 9.78. The van der Waals surface area contributed by atoms with Crippen LogP contribution in [0.25, 0.3) is 0 Å². The lowest BCUT2D eigenvalue weighted by molar-refractivity contribution is 0.00578. The fourth-order valence-corrected chi connectivity index (χ4v) is 3.11. The van der Waals surface area contributed by atoms with Crippen LogP contribution in [0, 0.1) is 0 Å². The van der Waals surface area contributed by atoms with E-state index in [1.54, 1.807) is 0 Å². The van der Waals surface area contributed by atoms with Crippen molar-refractivity contribution < 1.29 is 9.31 Å². The SMILES string of the molecule is CC1(C)OB(c2cc(Cl)cc(N3CCCC3)c2)OC1(C)C. The van der Waals surface area contributed by atoms with Gasteiger partial charge in [-0.15, -0.1) is 0 Å². The van der Waals surface area contributed by atoms with Gasteiger partial charge in [-0.3, -0.25) is 0 Å². The van der Waals surface area contributed by atoms with Crippen LogP contribution in [-0.2, 0) is 9.31 Å². The van der Waals surface area contributed by atoms with Gasteiger partial charge in [0.25, 0.3) is 0 Å². The molecule has 0 unspecified atom stereocenters. The van der Waals surface area contributed by atoms with Gasteiger partial charge in [-0.25, -0.2) is 0 Å². The van der Waals surface area contributed by atoms with Gasteiger partial charge in [0.2, 0.25) is 0 Å². The van der Waals surface area contributed by atoms with E-state index < -0.39 is 0 Å². The van der Waals surface area contributed by atoms with Crippen molar-refractivity contribution in [3.05, 3.63) is 23.2 Å². The number of anilines is 1. The van der Waals surface area contributed by atoms with Crippen LogP contribution in [-0.4, -0.2) is 31.4 Å². The summed E-state index contributed by atoms with van der Waals surface area (Å²) in [4.78, 5) is 2.38. The van der Waals surface area contributed by atoms with E-state index in [1.807, 2.05) is 12.1 Å². The van der Waals surface area contributed by atoms with E-state index in [-0.39, 0.29) is 18.3 Å². The van der Waals surface area contributed by atoms with Gasteiger partial charge in [0.05, 0.1) is 11.2 Å². The molecule has 5 heteroatoms. The van der Waals surface area contributed by atoms with Gasteiger partial charge in [0, 0.05) is 23.8 Å². The molecule has 2 saturated heterocycles. The molecule has 114 valence electrons. The van der Waals surface area contributed by atoms with Crippen molar-refractivity contribution >= 4 is 29.9 Å². The van der Waals surface area contributed by atoms with Crippen LogP contribution in [0.1, 0.15) is 40.5 Å². The molecule has 0 radical (unpaired) electrons. The van der Waals surface area contributed by atoms with E-state index in [4.69, 9.17) is 20.9 Å². The third-order valence-corrected chi connectivity index (χ3v) is 5.12.